The lowest BCUT2D eigenvalue weighted by Crippen LogP contribution is -2.44. The fourth-order valence-corrected chi connectivity index (χ4v) is 3.20. The molecule has 1 aliphatic heterocycles. The molecular weight excluding hydrogens is 230 g/mol. The molecule has 0 aromatic rings. The summed E-state index contributed by atoms with van der Waals surface area (Å²) in [6, 6.07) is -0.0567. The zero-order valence-electron chi connectivity index (χ0n) is 11.4. The Morgan fingerprint density at radius 1 is 1.50 bits per heavy atom. The van der Waals surface area contributed by atoms with Gasteiger partial charge in [-0.25, -0.2) is 0 Å². The number of nitrogens with two attached hydrogens (primary N) is 1. The quantitative estimate of drug-likeness (QED) is 0.346. The molecule has 5 heteroatoms. The Balaban J connectivity index is 1.84. The summed E-state index contributed by atoms with van der Waals surface area (Å²) < 4.78 is 6.26. The molecule has 104 valence electrons. The predicted molar refractivity (Wildman–Crippen MR) is 70.8 cm³/mol. The Hall–Kier alpha value is -0.810. The molecule has 0 amide bonds. The smallest absolute Gasteiger partial charge is 0.156 e. The first-order chi connectivity index (χ1) is 8.56. The van der Waals surface area contributed by atoms with Gasteiger partial charge in [0.05, 0.1) is 17.7 Å². The van der Waals surface area contributed by atoms with Crippen LogP contribution in [0.2, 0.25) is 0 Å². The van der Waals surface area contributed by atoms with Crippen LogP contribution in [0.25, 0.3) is 0 Å². The molecule has 5 nitrogen and oxygen atoms in total. The minimum absolute atomic E-state index is 0.0567. The molecule has 0 bridgehead atoms. The summed E-state index contributed by atoms with van der Waals surface area (Å²) in [6.45, 7) is 2.79. The normalized spacial score (nSPS) is 29.3. The topological polar surface area (TPSA) is 71.1 Å². The summed E-state index contributed by atoms with van der Waals surface area (Å²) in [7, 11) is 1.99. The van der Waals surface area contributed by atoms with Crippen molar-refractivity contribution in [1.82, 2.24) is 4.90 Å². The van der Waals surface area contributed by atoms with Crippen LogP contribution >= 0.6 is 0 Å². The summed E-state index contributed by atoms with van der Waals surface area (Å²) in [4.78, 5) is 2.09. The van der Waals surface area contributed by atoms with Gasteiger partial charge in [-0.15, -0.1) is 0 Å². The Labute approximate surface area is 109 Å². The lowest BCUT2D eigenvalue weighted by atomic mass is 9.98. The standard InChI is InChI=1S/C13H25N3O2/c1-10(12(14)15-17)16(2)9-11-5-8-13(18-11)6-3-4-7-13/h10-11,17H,3-9H2,1-2H3,(H2,14,15). The van der Waals surface area contributed by atoms with E-state index in [0.29, 0.717) is 6.10 Å². The zero-order chi connectivity index (χ0) is 13.2. The van der Waals surface area contributed by atoms with Gasteiger partial charge in [-0.05, 0) is 39.7 Å². The molecule has 2 rings (SSSR count). The van der Waals surface area contributed by atoms with Gasteiger partial charge in [-0.1, -0.05) is 18.0 Å². The second-order valence-corrected chi connectivity index (χ2v) is 5.81. The van der Waals surface area contributed by atoms with Crippen LogP contribution in [-0.4, -0.2) is 47.3 Å². The van der Waals surface area contributed by atoms with Gasteiger partial charge in [0.2, 0.25) is 0 Å². The molecule has 2 unspecified atom stereocenters. The molecule has 1 aliphatic carbocycles. The molecule has 1 saturated heterocycles. The monoisotopic (exact) mass is 255 g/mol. The number of likely N-dealkylation sites (N-methyl/N-ethyl adjacent to an activating group) is 1. The molecule has 1 heterocycles. The van der Waals surface area contributed by atoms with Crippen LogP contribution in [0.4, 0.5) is 0 Å². The number of hydrogen-bond acceptors (Lipinski definition) is 4. The molecule has 2 aliphatic rings. The van der Waals surface area contributed by atoms with Gasteiger partial charge in [-0.2, -0.15) is 0 Å². The lowest BCUT2D eigenvalue weighted by Gasteiger charge is -2.28. The van der Waals surface area contributed by atoms with Gasteiger partial charge >= 0.3 is 0 Å². The van der Waals surface area contributed by atoms with Crippen molar-refractivity contribution in [3.05, 3.63) is 0 Å². The molecule has 2 fully saturated rings. The van der Waals surface area contributed by atoms with Crippen molar-refractivity contribution in [3.63, 3.8) is 0 Å². The summed E-state index contributed by atoms with van der Waals surface area (Å²) in [5, 5.41) is 11.8. The fourth-order valence-electron chi connectivity index (χ4n) is 3.20. The average Bonchev–Trinajstić information content (AvgIpc) is 2.98. The van der Waals surface area contributed by atoms with E-state index in [1.165, 1.54) is 32.1 Å². The molecule has 0 aromatic heterocycles. The van der Waals surface area contributed by atoms with E-state index in [-0.39, 0.29) is 17.5 Å². The highest BCUT2D eigenvalue weighted by atomic mass is 16.5. The second kappa shape index (κ2) is 5.45. The number of oxime groups is 1. The van der Waals surface area contributed by atoms with Crippen molar-refractivity contribution >= 4 is 5.84 Å². The van der Waals surface area contributed by atoms with E-state index in [1.807, 2.05) is 14.0 Å². The maximum absolute atomic E-state index is 8.69. The summed E-state index contributed by atoms with van der Waals surface area (Å²) in [6.07, 6.45) is 7.69. The minimum atomic E-state index is -0.0567. The molecule has 3 N–H and O–H groups in total. The lowest BCUT2D eigenvalue weighted by molar-refractivity contribution is -0.0461. The van der Waals surface area contributed by atoms with Gasteiger partial charge in [0.1, 0.15) is 0 Å². The third kappa shape index (κ3) is 2.78. The van der Waals surface area contributed by atoms with E-state index in [2.05, 4.69) is 10.1 Å². The van der Waals surface area contributed by atoms with Crippen LogP contribution in [0.1, 0.15) is 45.4 Å². The van der Waals surface area contributed by atoms with Gasteiger partial charge in [0.15, 0.2) is 5.84 Å². The van der Waals surface area contributed by atoms with Crippen molar-refractivity contribution < 1.29 is 9.94 Å². The van der Waals surface area contributed by atoms with Crippen LogP contribution in [-0.2, 0) is 4.74 Å². The predicted octanol–water partition coefficient (Wildman–Crippen LogP) is 1.54. The first-order valence-electron chi connectivity index (χ1n) is 6.92. The van der Waals surface area contributed by atoms with Crippen LogP contribution in [0.3, 0.4) is 0 Å². The first kappa shape index (κ1) is 13.6. The second-order valence-electron chi connectivity index (χ2n) is 5.81. The Bertz CT molecular complexity index is 313. The summed E-state index contributed by atoms with van der Waals surface area (Å²) in [5.41, 5.74) is 5.81. The Morgan fingerprint density at radius 3 is 2.78 bits per heavy atom. The summed E-state index contributed by atoms with van der Waals surface area (Å²) >= 11 is 0. The molecule has 18 heavy (non-hydrogen) atoms. The number of rotatable bonds is 4. The SMILES string of the molecule is CC(C(N)=NO)N(C)CC1CCC2(CCCC2)O1. The Morgan fingerprint density at radius 2 is 2.17 bits per heavy atom. The number of ether oxygens (including phenoxy) is 1. The van der Waals surface area contributed by atoms with Crippen molar-refractivity contribution in [2.24, 2.45) is 10.9 Å². The number of nitrogens with zero attached hydrogens (tertiary/aromatic N) is 2. The van der Waals surface area contributed by atoms with Crippen molar-refractivity contribution in [3.8, 4) is 0 Å². The highest BCUT2D eigenvalue weighted by Crippen LogP contribution is 2.43. The van der Waals surface area contributed by atoms with E-state index in [0.717, 1.165) is 13.0 Å². The van der Waals surface area contributed by atoms with Crippen LogP contribution in [0.15, 0.2) is 5.16 Å². The molecule has 2 atom stereocenters. The minimum Gasteiger partial charge on any atom is -0.409 e. The molecule has 1 saturated carbocycles. The van der Waals surface area contributed by atoms with E-state index in [1.54, 1.807) is 0 Å². The van der Waals surface area contributed by atoms with Gasteiger partial charge < -0.3 is 15.7 Å². The number of amidine groups is 1. The van der Waals surface area contributed by atoms with Crippen LogP contribution in [0, 0.1) is 0 Å². The molecule has 0 aromatic carbocycles. The van der Waals surface area contributed by atoms with Crippen LogP contribution in [0.5, 0.6) is 0 Å². The van der Waals surface area contributed by atoms with E-state index >= 15 is 0 Å². The molecule has 0 radical (unpaired) electrons. The zero-order valence-corrected chi connectivity index (χ0v) is 11.4. The highest BCUT2D eigenvalue weighted by molar-refractivity contribution is 5.84. The van der Waals surface area contributed by atoms with Crippen molar-refractivity contribution in [2.45, 2.75) is 63.2 Å². The van der Waals surface area contributed by atoms with Crippen molar-refractivity contribution in [2.75, 3.05) is 13.6 Å². The third-order valence-electron chi connectivity index (χ3n) is 4.55. The van der Waals surface area contributed by atoms with E-state index in [9.17, 15) is 0 Å². The van der Waals surface area contributed by atoms with Crippen LogP contribution < -0.4 is 5.73 Å². The van der Waals surface area contributed by atoms with Crippen molar-refractivity contribution in [1.29, 1.82) is 0 Å². The highest BCUT2D eigenvalue weighted by Gasteiger charge is 2.42. The molecule has 1 spiro atoms. The third-order valence-corrected chi connectivity index (χ3v) is 4.55. The number of hydrogen-bond donors (Lipinski definition) is 2. The summed E-state index contributed by atoms with van der Waals surface area (Å²) in [5.74, 6) is 0.256. The maximum atomic E-state index is 8.69. The van der Waals surface area contributed by atoms with E-state index in [4.69, 9.17) is 15.7 Å². The fraction of sp³-hybridized carbons (Fsp3) is 0.923. The largest absolute Gasteiger partial charge is 0.409 e. The molecular formula is C13H25N3O2. The maximum Gasteiger partial charge on any atom is 0.156 e. The Kier molecular flexibility index (Phi) is 4.12. The van der Waals surface area contributed by atoms with E-state index < -0.39 is 0 Å². The van der Waals surface area contributed by atoms with Gasteiger partial charge in [-0.3, -0.25) is 4.90 Å². The average molecular weight is 255 g/mol. The van der Waals surface area contributed by atoms with Gasteiger partial charge in [0.25, 0.3) is 0 Å². The first-order valence-corrected chi connectivity index (χ1v) is 6.92. The van der Waals surface area contributed by atoms with Gasteiger partial charge in [0, 0.05) is 6.54 Å².